The van der Waals surface area contributed by atoms with Gasteiger partial charge in [0.15, 0.2) is 5.78 Å². The molecule has 0 bridgehead atoms. The van der Waals surface area contributed by atoms with Crippen LogP contribution in [0.5, 0.6) is 0 Å². The molecule has 0 atom stereocenters. The second kappa shape index (κ2) is 4.60. The summed E-state index contributed by atoms with van der Waals surface area (Å²) in [6.45, 7) is 3.05. The van der Waals surface area contributed by atoms with Gasteiger partial charge < -0.3 is 4.42 Å². The van der Waals surface area contributed by atoms with E-state index in [9.17, 15) is 9.59 Å². The van der Waals surface area contributed by atoms with Crippen molar-refractivity contribution in [2.45, 2.75) is 13.8 Å². The van der Waals surface area contributed by atoms with Crippen LogP contribution in [0.25, 0.3) is 0 Å². The first kappa shape index (κ1) is 11.6. The summed E-state index contributed by atoms with van der Waals surface area (Å²) in [6, 6.07) is 1.60. The van der Waals surface area contributed by atoms with Crippen molar-refractivity contribution in [3.8, 4) is 0 Å². The van der Waals surface area contributed by atoms with Crippen molar-refractivity contribution < 1.29 is 38.8 Å². The largest absolute Gasteiger partial charge is 1.00 e. The van der Waals surface area contributed by atoms with Gasteiger partial charge in [-0.25, -0.2) is 4.79 Å². The Morgan fingerprint density at radius 2 is 2.08 bits per heavy atom. The Morgan fingerprint density at radius 1 is 1.50 bits per heavy atom. The molecule has 1 rings (SSSR count). The Labute approximate surface area is 92.1 Å². The maximum Gasteiger partial charge on any atom is 1.00 e. The molecule has 1 aromatic rings. The van der Waals surface area contributed by atoms with Gasteiger partial charge in [-0.05, 0) is 25.5 Å². The van der Waals surface area contributed by atoms with Crippen LogP contribution in [0.3, 0.4) is 0 Å². The van der Waals surface area contributed by atoms with Crippen molar-refractivity contribution in [2.75, 3.05) is 0 Å². The van der Waals surface area contributed by atoms with Gasteiger partial charge in [0.05, 0.1) is 6.26 Å². The van der Waals surface area contributed by atoms with Crippen molar-refractivity contribution in [3.05, 3.63) is 33.9 Å². The first-order valence-electron chi connectivity index (χ1n) is 3.22. The summed E-state index contributed by atoms with van der Waals surface area (Å²) in [7, 11) is 0. The average molecular weight is 175 g/mol. The zero-order valence-corrected chi connectivity index (χ0v) is 9.38. The molecule has 4 heteroatoms. The molecule has 0 amide bonds. The SMILES string of the molecule is CC(=O)c1c(C)ccoc1=O.[Na+]. The van der Waals surface area contributed by atoms with E-state index in [0.29, 0.717) is 5.56 Å². The van der Waals surface area contributed by atoms with Crippen LogP contribution < -0.4 is 35.2 Å². The van der Waals surface area contributed by atoms with Gasteiger partial charge in [-0.1, -0.05) is 0 Å². The van der Waals surface area contributed by atoms with Gasteiger partial charge in [-0.2, -0.15) is 0 Å². The number of Topliss-reactive ketones (excluding diaryl/α,β-unsaturated/α-hetero) is 1. The van der Waals surface area contributed by atoms with E-state index in [-0.39, 0.29) is 40.9 Å². The van der Waals surface area contributed by atoms with Gasteiger partial charge in [0.2, 0.25) is 0 Å². The Bertz CT molecular complexity index is 340. The summed E-state index contributed by atoms with van der Waals surface area (Å²) >= 11 is 0. The Kier molecular flexibility index (Phi) is 4.45. The maximum absolute atomic E-state index is 10.9. The fraction of sp³-hybridized carbons (Fsp3) is 0.250. The number of rotatable bonds is 1. The van der Waals surface area contributed by atoms with Crippen LogP contribution in [-0.2, 0) is 0 Å². The third-order valence-electron chi connectivity index (χ3n) is 1.44. The topological polar surface area (TPSA) is 47.3 Å². The predicted octanol–water partition coefficient (Wildman–Crippen LogP) is -1.85. The molecule has 0 spiro atoms. The summed E-state index contributed by atoms with van der Waals surface area (Å²) in [4.78, 5) is 21.7. The summed E-state index contributed by atoms with van der Waals surface area (Å²) in [6.07, 6.45) is 1.28. The van der Waals surface area contributed by atoms with Gasteiger partial charge in [0.1, 0.15) is 5.56 Å². The molecular formula is C8H8NaO3+. The molecule has 0 saturated carbocycles. The minimum atomic E-state index is -0.558. The van der Waals surface area contributed by atoms with Crippen LogP contribution in [0.1, 0.15) is 22.8 Å². The van der Waals surface area contributed by atoms with Crippen LogP contribution in [0, 0.1) is 6.92 Å². The molecule has 0 N–H and O–H groups in total. The van der Waals surface area contributed by atoms with Crippen LogP contribution in [0.2, 0.25) is 0 Å². The number of ketones is 1. The van der Waals surface area contributed by atoms with E-state index in [4.69, 9.17) is 0 Å². The van der Waals surface area contributed by atoms with E-state index < -0.39 is 5.63 Å². The minimum absolute atomic E-state index is 0. The maximum atomic E-state index is 10.9. The van der Waals surface area contributed by atoms with E-state index in [2.05, 4.69) is 4.42 Å². The van der Waals surface area contributed by atoms with Crippen LogP contribution in [0.4, 0.5) is 0 Å². The van der Waals surface area contributed by atoms with E-state index in [1.807, 2.05) is 0 Å². The van der Waals surface area contributed by atoms with Crippen LogP contribution in [-0.4, -0.2) is 5.78 Å². The van der Waals surface area contributed by atoms with Gasteiger partial charge in [-0.3, -0.25) is 4.79 Å². The zero-order chi connectivity index (χ0) is 8.43. The summed E-state index contributed by atoms with van der Waals surface area (Å²) < 4.78 is 4.52. The number of carbonyl (C=O) groups is 1. The molecule has 0 aliphatic heterocycles. The zero-order valence-electron chi connectivity index (χ0n) is 7.38. The number of aryl methyl sites for hydroxylation is 1. The first-order chi connectivity index (χ1) is 5.13. The fourth-order valence-corrected chi connectivity index (χ4v) is 0.923. The molecule has 0 aromatic carbocycles. The molecule has 0 fully saturated rings. The van der Waals surface area contributed by atoms with Crippen molar-refractivity contribution in [3.63, 3.8) is 0 Å². The monoisotopic (exact) mass is 175 g/mol. The van der Waals surface area contributed by atoms with E-state index in [0.717, 1.165) is 0 Å². The van der Waals surface area contributed by atoms with Gasteiger partial charge in [0.25, 0.3) is 0 Å². The molecule has 0 aliphatic carbocycles. The fourth-order valence-electron chi connectivity index (χ4n) is 0.923. The summed E-state index contributed by atoms with van der Waals surface area (Å²) in [5.74, 6) is -0.253. The molecular weight excluding hydrogens is 167 g/mol. The summed E-state index contributed by atoms with van der Waals surface area (Å²) in [5.41, 5.74) is 0.249. The molecule has 58 valence electrons. The first-order valence-corrected chi connectivity index (χ1v) is 3.22. The van der Waals surface area contributed by atoms with E-state index >= 15 is 0 Å². The summed E-state index contributed by atoms with van der Waals surface area (Å²) in [5, 5.41) is 0. The third-order valence-corrected chi connectivity index (χ3v) is 1.44. The minimum Gasteiger partial charge on any atom is -0.431 e. The normalized spacial score (nSPS) is 8.83. The molecule has 1 aromatic heterocycles. The molecule has 0 radical (unpaired) electrons. The van der Waals surface area contributed by atoms with Gasteiger partial charge >= 0.3 is 35.2 Å². The number of hydrogen-bond acceptors (Lipinski definition) is 3. The second-order valence-electron chi connectivity index (χ2n) is 2.32. The predicted molar refractivity (Wildman–Crippen MR) is 39.7 cm³/mol. The Balaban J connectivity index is 0.00000121. The van der Waals surface area contributed by atoms with Crippen molar-refractivity contribution >= 4 is 5.78 Å². The number of carbonyl (C=O) groups excluding carboxylic acids is 1. The van der Waals surface area contributed by atoms with Gasteiger partial charge in [0, 0.05) is 0 Å². The van der Waals surface area contributed by atoms with Gasteiger partial charge in [-0.15, -0.1) is 0 Å². The van der Waals surface area contributed by atoms with Crippen LogP contribution in [0.15, 0.2) is 21.5 Å². The second-order valence-corrected chi connectivity index (χ2v) is 2.32. The third kappa shape index (κ3) is 2.30. The van der Waals surface area contributed by atoms with E-state index in [1.165, 1.54) is 13.2 Å². The smallest absolute Gasteiger partial charge is 0.431 e. The molecule has 0 saturated heterocycles. The number of hydrogen-bond donors (Lipinski definition) is 0. The molecule has 12 heavy (non-hydrogen) atoms. The van der Waals surface area contributed by atoms with Crippen LogP contribution >= 0.6 is 0 Å². The standard InChI is InChI=1S/C8H8O3.Na/c1-5-3-4-11-8(10)7(5)6(2)9;/h3-4H,1-2H3;/q;+1. The van der Waals surface area contributed by atoms with Crippen molar-refractivity contribution in [1.29, 1.82) is 0 Å². The Morgan fingerprint density at radius 3 is 2.42 bits per heavy atom. The molecule has 1 heterocycles. The average Bonchev–Trinajstić information content (AvgIpc) is 1.85. The van der Waals surface area contributed by atoms with Crippen molar-refractivity contribution in [2.24, 2.45) is 0 Å². The molecule has 0 unspecified atom stereocenters. The molecule has 3 nitrogen and oxygen atoms in total. The molecule has 0 aliphatic rings. The Hall–Kier alpha value is -0.380. The van der Waals surface area contributed by atoms with E-state index in [1.54, 1.807) is 13.0 Å². The van der Waals surface area contributed by atoms with Crippen molar-refractivity contribution in [1.82, 2.24) is 0 Å². The quantitative estimate of drug-likeness (QED) is 0.372.